The molecule has 0 aromatic rings. The quantitative estimate of drug-likeness (QED) is 0.807. The first-order chi connectivity index (χ1) is 8.36. The lowest BCUT2D eigenvalue weighted by atomic mass is 9.93. The van der Waals surface area contributed by atoms with Gasteiger partial charge in [0.15, 0.2) is 0 Å². The van der Waals surface area contributed by atoms with Crippen molar-refractivity contribution in [3.8, 4) is 0 Å². The Labute approximate surface area is 109 Å². The van der Waals surface area contributed by atoms with Gasteiger partial charge in [-0.25, -0.2) is 4.79 Å². The van der Waals surface area contributed by atoms with Crippen molar-refractivity contribution in [1.29, 1.82) is 0 Å². The highest BCUT2D eigenvalue weighted by molar-refractivity contribution is 5.77. The molecule has 0 aliphatic carbocycles. The van der Waals surface area contributed by atoms with Crippen molar-refractivity contribution in [2.45, 2.75) is 40.0 Å². The van der Waals surface area contributed by atoms with Crippen molar-refractivity contribution in [3.05, 3.63) is 0 Å². The number of carbonyl (C=O) groups is 2. The lowest BCUT2D eigenvalue weighted by Gasteiger charge is -2.32. The number of carboxylic acids is 1. The minimum absolute atomic E-state index is 0.140. The summed E-state index contributed by atoms with van der Waals surface area (Å²) in [4.78, 5) is 24.6. The van der Waals surface area contributed by atoms with Crippen LogP contribution < -0.4 is 5.32 Å². The fraction of sp³-hybridized carbons (Fsp3) is 0.846. The summed E-state index contributed by atoms with van der Waals surface area (Å²) in [6.45, 7) is 7.11. The van der Waals surface area contributed by atoms with E-state index in [1.54, 1.807) is 18.7 Å². The summed E-state index contributed by atoms with van der Waals surface area (Å²) in [6, 6.07) is -0.140. The molecule has 0 unspecified atom stereocenters. The molecular formula is C13H24N2O3. The van der Waals surface area contributed by atoms with Gasteiger partial charge in [-0.2, -0.15) is 0 Å². The number of carbonyl (C=O) groups excluding carboxylic acids is 1. The molecule has 1 saturated heterocycles. The van der Waals surface area contributed by atoms with Gasteiger partial charge in [-0.3, -0.25) is 4.79 Å². The second-order valence-corrected chi connectivity index (χ2v) is 5.69. The molecule has 18 heavy (non-hydrogen) atoms. The highest BCUT2D eigenvalue weighted by atomic mass is 16.4. The summed E-state index contributed by atoms with van der Waals surface area (Å²) in [6.07, 6.45) is 3.26. The largest absolute Gasteiger partial charge is 0.481 e. The van der Waals surface area contributed by atoms with Crippen LogP contribution in [-0.4, -0.2) is 41.6 Å². The molecule has 5 heteroatoms. The molecule has 104 valence electrons. The monoisotopic (exact) mass is 256 g/mol. The van der Waals surface area contributed by atoms with Crippen molar-refractivity contribution in [2.24, 2.45) is 11.3 Å². The van der Waals surface area contributed by atoms with Gasteiger partial charge in [0.25, 0.3) is 0 Å². The predicted octanol–water partition coefficient (Wildman–Crippen LogP) is 1.93. The van der Waals surface area contributed by atoms with Gasteiger partial charge < -0.3 is 15.3 Å². The molecule has 1 fully saturated rings. The number of hydrogen-bond acceptors (Lipinski definition) is 2. The van der Waals surface area contributed by atoms with Crippen LogP contribution in [0.2, 0.25) is 0 Å². The van der Waals surface area contributed by atoms with Crippen LogP contribution in [0, 0.1) is 11.3 Å². The van der Waals surface area contributed by atoms with Crippen LogP contribution in [0.3, 0.4) is 0 Å². The zero-order valence-electron chi connectivity index (χ0n) is 11.5. The molecule has 2 N–H and O–H groups in total. The van der Waals surface area contributed by atoms with Gasteiger partial charge in [-0.1, -0.05) is 13.3 Å². The van der Waals surface area contributed by atoms with Crippen LogP contribution in [0.5, 0.6) is 0 Å². The number of likely N-dealkylation sites (tertiary alicyclic amines) is 1. The smallest absolute Gasteiger partial charge is 0.317 e. The molecule has 0 saturated carbocycles. The maximum Gasteiger partial charge on any atom is 0.317 e. The summed E-state index contributed by atoms with van der Waals surface area (Å²) in [5.41, 5.74) is -0.919. The minimum atomic E-state index is -0.919. The summed E-state index contributed by atoms with van der Waals surface area (Å²) in [5.74, 6) is -0.169. The number of carboxylic acid groups (broad SMARTS) is 1. The Morgan fingerprint density at radius 2 is 1.89 bits per heavy atom. The summed E-state index contributed by atoms with van der Waals surface area (Å²) < 4.78 is 0. The molecule has 1 aliphatic heterocycles. The van der Waals surface area contributed by atoms with E-state index < -0.39 is 11.4 Å². The topological polar surface area (TPSA) is 69.6 Å². The fourth-order valence-corrected chi connectivity index (χ4v) is 2.03. The lowest BCUT2D eigenvalue weighted by Crippen LogP contribution is -2.48. The molecule has 1 rings (SSSR count). The Bertz CT molecular complexity index is 307. The third-order valence-electron chi connectivity index (χ3n) is 3.74. The van der Waals surface area contributed by atoms with Gasteiger partial charge in [0, 0.05) is 19.6 Å². The van der Waals surface area contributed by atoms with E-state index in [0.29, 0.717) is 0 Å². The molecule has 0 aromatic heterocycles. The first-order valence-electron chi connectivity index (χ1n) is 6.63. The Hall–Kier alpha value is -1.26. The van der Waals surface area contributed by atoms with E-state index in [2.05, 4.69) is 12.2 Å². The first kappa shape index (κ1) is 14.8. The Morgan fingerprint density at radius 1 is 1.33 bits per heavy atom. The van der Waals surface area contributed by atoms with Crippen LogP contribution in [0.1, 0.15) is 40.0 Å². The average molecular weight is 256 g/mol. The zero-order valence-corrected chi connectivity index (χ0v) is 11.5. The van der Waals surface area contributed by atoms with Crippen molar-refractivity contribution < 1.29 is 14.7 Å². The van der Waals surface area contributed by atoms with E-state index in [1.807, 2.05) is 0 Å². The van der Waals surface area contributed by atoms with Crippen LogP contribution in [0.25, 0.3) is 0 Å². The van der Waals surface area contributed by atoms with Crippen LogP contribution in [0.15, 0.2) is 0 Å². The van der Waals surface area contributed by atoms with E-state index in [4.69, 9.17) is 5.11 Å². The summed E-state index contributed by atoms with van der Waals surface area (Å²) >= 11 is 0. The number of rotatable bonds is 4. The Balaban J connectivity index is 2.36. The molecular weight excluding hydrogens is 232 g/mol. The Morgan fingerprint density at radius 3 is 2.33 bits per heavy atom. The number of hydrogen-bond donors (Lipinski definition) is 2. The standard InChI is InChI=1S/C13H24N2O3/c1-4-10-5-7-15(8-6-10)12(18)14-9-13(2,3)11(16)17/h10H,4-9H2,1-3H3,(H,14,18)(H,16,17). The van der Waals surface area contributed by atoms with Crippen molar-refractivity contribution in [2.75, 3.05) is 19.6 Å². The highest BCUT2D eigenvalue weighted by Crippen LogP contribution is 2.20. The van der Waals surface area contributed by atoms with Gasteiger partial charge in [-0.05, 0) is 32.6 Å². The van der Waals surface area contributed by atoms with Gasteiger partial charge in [0.2, 0.25) is 0 Å². The summed E-state index contributed by atoms with van der Waals surface area (Å²) in [7, 11) is 0. The lowest BCUT2D eigenvalue weighted by molar-refractivity contribution is -0.146. The maximum absolute atomic E-state index is 11.9. The SMILES string of the molecule is CCC1CCN(C(=O)NCC(C)(C)C(=O)O)CC1. The fourth-order valence-electron chi connectivity index (χ4n) is 2.03. The normalized spacial score (nSPS) is 17.6. The molecule has 0 spiro atoms. The first-order valence-corrected chi connectivity index (χ1v) is 6.63. The number of amides is 2. The van der Waals surface area contributed by atoms with E-state index >= 15 is 0 Å². The highest BCUT2D eigenvalue weighted by Gasteiger charge is 2.29. The van der Waals surface area contributed by atoms with E-state index in [1.165, 1.54) is 6.42 Å². The third kappa shape index (κ3) is 3.89. The van der Waals surface area contributed by atoms with Crippen molar-refractivity contribution in [3.63, 3.8) is 0 Å². The van der Waals surface area contributed by atoms with E-state index in [0.717, 1.165) is 31.8 Å². The van der Waals surface area contributed by atoms with Gasteiger partial charge in [0.1, 0.15) is 0 Å². The predicted molar refractivity (Wildman–Crippen MR) is 69.4 cm³/mol. The number of aliphatic carboxylic acids is 1. The average Bonchev–Trinajstić information content (AvgIpc) is 2.36. The number of nitrogens with one attached hydrogen (secondary N) is 1. The molecule has 0 atom stereocenters. The van der Waals surface area contributed by atoms with E-state index in [-0.39, 0.29) is 12.6 Å². The van der Waals surface area contributed by atoms with Crippen LogP contribution in [-0.2, 0) is 4.79 Å². The van der Waals surface area contributed by atoms with Crippen LogP contribution >= 0.6 is 0 Å². The number of piperidine rings is 1. The maximum atomic E-state index is 11.9. The molecule has 0 aromatic carbocycles. The second kappa shape index (κ2) is 6.07. The zero-order chi connectivity index (χ0) is 13.8. The van der Waals surface area contributed by atoms with Crippen molar-refractivity contribution >= 4 is 12.0 Å². The number of urea groups is 1. The minimum Gasteiger partial charge on any atom is -0.481 e. The number of nitrogens with zero attached hydrogens (tertiary/aromatic N) is 1. The molecule has 2 amide bonds. The van der Waals surface area contributed by atoms with Gasteiger partial charge >= 0.3 is 12.0 Å². The van der Waals surface area contributed by atoms with Gasteiger partial charge in [0.05, 0.1) is 5.41 Å². The third-order valence-corrected chi connectivity index (χ3v) is 3.74. The second-order valence-electron chi connectivity index (χ2n) is 5.69. The molecule has 1 aliphatic rings. The molecule has 5 nitrogen and oxygen atoms in total. The van der Waals surface area contributed by atoms with Gasteiger partial charge in [-0.15, -0.1) is 0 Å². The molecule has 1 heterocycles. The Kier molecular flexibility index (Phi) is 4.99. The molecule has 0 bridgehead atoms. The summed E-state index contributed by atoms with van der Waals surface area (Å²) in [5, 5.41) is 11.7. The van der Waals surface area contributed by atoms with Crippen LogP contribution in [0.4, 0.5) is 4.79 Å². The van der Waals surface area contributed by atoms with E-state index in [9.17, 15) is 9.59 Å². The van der Waals surface area contributed by atoms with Crippen molar-refractivity contribution in [1.82, 2.24) is 10.2 Å². The molecule has 0 radical (unpaired) electrons.